The van der Waals surface area contributed by atoms with Crippen molar-refractivity contribution in [1.82, 2.24) is 14.6 Å². The van der Waals surface area contributed by atoms with Gasteiger partial charge < -0.3 is 10.1 Å². The number of benzene rings is 1. The van der Waals surface area contributed by atoms with Crippen LogP contribution in [0.4, 0.5) is 0 Å². The molecule has 1 aromatic carbocycles. The standard InChI is InChI=1S/C19H25N3O4S/c1-26-18-5-3-4-16(14-18)8-12-21-19(23)9-13-22(27(2,24)25)15-17-6-10-20-11-7-17/h3-7,10-11,14H,8-9,12-13,15H2,1-2H3,(H,21,23). The molecule has 0 bridgehead atoms. The summed E-state index contributed by atoms with van der Waals surface area (Å²) >= 11 is 0. The van der Waals surface area contributed by atoms with Gasteiger partial charge in [-0.1, -0.05) is 12.1 Å². The third-order valence-corrected chi connectivity index (χ3v) is 5.29. The highest BCUT2D eigenvalue weighted by Gasteiger charge is 2.18. The summed E-state index contributed by atoms with van der Waals surface area (Å²) in [5, 5.41) is 2.83. The molecule has 0 spiro atoms. The molecule has 0 aliphatic rings. The van der Waals surface area contributed by atoms with E-state index in [1.54, 1.807) is 31.6 Å². The summed E-state index contributed by atoms with van der Waals surface area (Å²) in [6.45, 7) is 0.833. The molecule has 2 aromatic rings. The van der Waals surface area contributed by atoms with Gasteiger partial charge in [-0.3, -0.25) is 9.78 Å². The van der Waals surface area contributed by atoms with Gasteiger partial charge in [-0.25, -0.2) is 8.42 Å². The molecular formula is C19H25N3O4S. The molecule has 27 heavy (non-hydrogen) atoms. The van der Waals surface area contributed by atoms with E-state index in [-0.39, 0.29) is 25.4 Å². The van der Waals surface area contributed by atoms with Crippen molar-refractivity contribution in [2.24, 2.45) is 0 Å². The number of sulfonamides is 1. The number of ether oxygens (including phenoxy) is 1. The number of aromatic nitrogens is 1. The van der Waals surface area contributed by atoms with Crippen LogP contribution in [0.2, 0.25) is 0 Å². The Morgan fingerprint density at radius 1 is 1.19 bits per heavy atom. The molecule has 0 aliphatic carbocycles. The maximum atomic E-state index is 12.1. The number of methoxy groups -OCH3 is 1. The van der Waals surface area contributed by atoms with Crippen molar-refractivity contribution in [3.8, 4) is 5.75 Å². The Bertz CT molecular complexity index is 841. The summed E-state index contributed by atoms with van der Waals surface area (Å²) in [5.74, 6) is 0.597. The van der Waals surface area contributed by atoms with Crippen LogP contribution in [0.5, 0.6) is 5.75 Å². The highest BCUT2D eigenvalue weighted by molar-refractivity contribution is 7.88. The molecular weight excluding hydrogens is 366 g/mol. The van der Waals surface area contributed by atoms with E-state index in [2.05, 4.69) is 10.3 Å². The molecule has 0 aliphatic heterocycles. The molecule has 8 heteroatoms. The highest BCUT2D eigenvalue weighted by Crippen LogP contribution is 2.12. The third kappa shape index (κ3) is 7.36. The van der Waals surface area contributed by atoms with Gasteiger partial charge >= 0.3 is 0 Å². The molecule has 0 unspecified atom stereocenters. The van der Waals surface area contributed by atoms with Crippen LogP contribution in [-0.4, -0.2) is 50.1 Å². The van der Waals surface area contributed by atoms with Crippen molar-refractivity contribution in [3.05, 3.63) is 59.9 Å². The van der Waals surface area contributed by atoms with E-state index in [1.165, 1.54) is 4.31 Å². The van der Waals surface area contributed by atoms with Gasteiger partial charge in [-0.05, 0) is 41.8 Å². The molecule has 0 atom stereocenters. The summed E-state index contributed by atoms with van der Waals surface area (Å²) in [5.41, 5.74) is 1.89. The quantitative estimate of drug-likeness (QED) is 0.665. The lowest BCUT2D eigenvalue weighted by atomic mass is 10.1. The molecule has 146 valence electrons. The molecule has 1 N–H and O–H groups in total. The second kappa shape index (κ2) is 10.0. The predicted octanol–water partition coefficient (Wildman–Crippen LogP) is 1.60. The van der Waals surface area contributed by atoms with E-state index in [4.69, 9.17) is 4.74 Å². The van der Waals surface area contributed by atoms with E-state index in [0.29, 0.717) is 13.0 Å². The predicted molar refractivity (Wildman–Crippen MR) is 104 cm³/mol. The van der Waals surface area contributed by atoms with Crippen LogP contribution >= 0.6 is 0 Å². The van der Waals surface area contributed by atoms with Gasteiger partial charge in [-0.2, -0.15) is 4.31 Å². The van der Waals surface area contributed by atoms with Crippen molar-refractivity contribution >= 4 is 15.9 Å². The second-order valence-corrected chi connectivity index (χ2v) is 8.14. The van der Waals surface area contributed by atoms with Crippen molar-refractivity contribution in [3.63, 3.8) is 0 Å². The zero-order valence-corrected chi connectivity index (χ0v) is 16.4. The number of pyridine rings is 1. The molecule has 0 fully saturated rings. The number of carbonyl (C=O) groups excluding carboxylic acids is 1. The fourth-order valence-corrected chi connectivity index (χ4v) is 3.35. The van der Waals surface area contributed by atoms with Gasteiger partial charge in [0.1, 0.15) is 5.75 Å². The number of amides is 1. The molecule has 1 aromatic heterocycles. The van der Waals surface area contributed by atoms with Crippen molar-refractivity contribution in [2.75, 3.05) is 26.5 Å². The lowest BCUT2D eigenvalue weighted by Gasteiger charge is -2.19. The smallest absolute Gasteiger partial charge is 0.221 e. The van der Waals surface area contributed by atoms with E-state index in [0.717, 1.165) is 23.1 Å². The Morgan fingerprint density at radius 3 is 2.59 bits per heavy atom. The number of nitrogens with zero attached hydrogens (tertiary/aromatic N) is 2. The minimum atomic E-state index is -3.41. The molecule has 2 rings (SSSR count). The molecule has 1 heterocycles. The number of carbonyl (C=O) groups is 1. The maximum absolute atomic E-state index is 12.1. The maximum Gasteiger partial charge on any atom is 0.221 e. The minimum absolute atomic E-state index is 0.107. The molecule has 0 radical (unpaired) electrons. The van der Waals surface area contributed by atoms with Crippen LogP contribution < -0.4 is 10.1 Å². The number of hydrogen-bond donors (Lipinski definition) is 1. The van der Waals surface area contributed by atoms with Crippen LogP contribution in [0.3, 0.4) is 0 Å². The van der Waals surface area contributed by atoms with Crippen molar-refractivity contribution in [2.45, 2.75) is 19.4 Å². The van der Waals surface area contributed by atoms with Gasteiger partial charge in [0.25, 0.3) is 0 Å². The first-order valence-electron chi connectivity index (χ1n) is 8.62. The van der Waals surface area contributed by atoms with Crippen LogP contribution in [0, 0.1) is 0 Å². The average molecular weight is 391 g/mol. The highest BCUT2D eigenvalue weighted by atomic mass is 32.2. The first kappa shape index (κ1) is 20.9. The van der Waals surface area contributed by atoms with Crippen molar-refractivity contribution < 1.29 is 17.9 Å². The van der Waals surface area contributed by atoms with Gasteiger partial charge in [0.2, 0.25) is 15.9 Å². The van der Waals surface area contributed by atoms with Crippen LogP contribution in [0.25, 0.3) is 0 Å². The lowest BCUT2D eigenvalue weighted by Crippen LogP contribution is -2.34. The summed E-state index contributed by atoms with van der Waals surface area (Å²) in [6.07, 6.45) is 5.16. The molecule has 0 saturated heterocycles. The summed E-state index contributed by atoms with van der Waals surface area (Å²) in [7, 11) is -1.80. The van der Waals surface area contributed by atoms with Crippen LogP contribution in [-0.2, 0) is 27.8 Å². The third-order valence-electron chi connectivity index (χ3n) is 4.04. The van der Waals surface area contributed by atoms with E-state index >= 15 is 0 Å². The van der Waals surface area contributed by atoms with Gasteiger partial charge in [0, 0.05) is 38.4 Å². The first-order chi connectivity index (χ1) is 12.9. The van der Waals surface area contributed by atoms with E-state index in [9.17, 15) is 13.2 Å². The SMILES string of the molecule is COc1cccc(CCNC(=O)CCN(Cc2ccncc2)S(C)(=O)=O)c1. The number of nitrogens with one attached hydrogen (secondary N) is 1. The topological polar surface area (TPSA) is 88.6 Å². The number of rotatable bonds is 10. The van der Waals surface area contributed by atoms with Crippen molar-refractivity contribution in [1.29, 1.82) is 0 Å². The zero-order valence-electron chi connectivity index (χ0n) is 15.6. The second-order valence-electron chi connectivity index (χ2n) is 6.15. The lowest BCUT2D eigenvalue weighted by molar-refractivity contribution is -0.121. The Kier molecular flexibility index (Phi) is 7.75. The monoisotopic (exact) mass is 391 g/mol. The summed E-state index contributed by atoms with van der Waals surface area (Å²) < 4.78 is 30.4. The Labute approximate surface area is 160 Å². The summed E-state index contributed by atoms with van der Waals surface area (Å²) in [6, 6.07) is 11.2. The number of hydrogen-bond acceptors (Lipinski definition) is 5. The zero-order chi connectivity index (χ0) is 19.7. The Hall–Kier alpha value is -2.45. The van der Waals surface area contributed by atoms with Crippen LogP contribution in [0.1, 0.15) is 17.5 Å². The van der Waals surface area contributed by atoms with Gasteiger partial charge in [0.15, 0.2) is 0 Å². The Balaban J connectivity index is 1.81. The fourth-order valence-electron chi connectivity index (χ4n) is 2.54. The van der Waals surface area contributed by atoms with Gasteiger partial charge in [0.05, 0.1) is 13.4 Å². The summed E-state index contributed by atoms with van der Waals surface area (Å²) in [4.78, 5) is 16.0. The first-order valence-corrected chi connectivity index (χ1v) is 10.5. The average Bonchev–Trinajstić information content (AvgIpc) is 2.65. The minimum Gasteiger partial charge on any atom is -0.497 e. The molecule has 0 saturated carbocycles. The molecule has 1 amide bonds. The van der Waals surface area contributed by atoms with Crippen LogP contribution in [0.15, 0.2) is 48.8 Å². The molecule has 7 nitrogen and oxygen atoms in total. The van der Waals surface area contributed by atoms with E-state index in [1.807, 2.05) is 24.3 Å². The normalized spacial score (nSPS) is 11.4. The largest absolute Gasteiger partial charge is 0.497 e. The van der Waals surface area contributed by atoms with Gasteiger partial charge in [-0.15, -0.1) is 0 Å². The fraction of sp³-hybridized carbons (Fsp3) is 0.368. The van der Waals surface area contributed by atoms with E-state index < -0.39 is 10.0 Å². The Morgan fingerprint density at radius 2 is 1.93 bits per heavy atom.